The highest BCUT2D eigenvalue weighted by Gasteiger charge is 2.24. The maximum atomic E-state index is 12.8. The number of para-hydroxylation sites is 1. The minimum Gasteiger partial charge on any atom is -0.496 e. The zero-order chi connectivity index (χ0) is 20.2. The number of benzene rings is 1. The van der Waals surface area contributed by atoms with Gasteiger partial charge in [0.25, 0.3) is 5.56 Å². The maximum absolute atomic E-state index is 12.8. The first-order valence-electron chi connectivity index (χ1n) is 9.44. The highest BCUT2D eigenvalue weighted by Crippen LogP contribution is 2.21. The Labute approximate surface area is 167 Å². The molecule has 0 saturated carbocycles. The highest BCUT2D eigenvalue weighted by atomic mass is 16.5. The summed E-state index contributed by atoms with van der Waals surface area (Å²) in [4.78, 5) is 42.5. The summed E-state index contributed by atoms with van der Waals surface area (Å²) in [5.74, 6) is 1.18. The molecule has 3 heterocycles. The van der Waals surface area contributed by atoms with E-state index in [0.717, 1.165) is 11.3 Å². The Morgan fingerprint density at radius 1 is 1.28 bits per heavy atom. The maximum Gasteiger partial charge on any atom is 0.254 e. The van der Waals surface area contributed by atoms with E-state index in [1.807, 2.05) is 24.3 Å². The summed E-state index contributed by atoms with van der Waals surface area (Å²) < 4.78 is 5.35. The molecule has 0 bridgehead atoms. The normalized spacial score (nSPS) is 13.1. The van der Waals surface area contributed by atoms with Crippen LogP contribution in [0.4, 0.5) is 0 Å². The Hall–Kier alpha value is -3.55. The van der Waals surface area contributed by atoms with Crippen molar-refractivity contribution in [3.05, 3.63) is 70.0 Å². The number of amides is 1. The summed E-state index contributed by atoms with van der Waals surface area (Å²) in [6.45, 7) is 0.824. The fraction of sp³-hybridized carbons (Fsp3) is 0.286. The summed E-state index contributed by atoms with van der Waals surface area (Å²) in [7, 11) is 1.63. The second kappa shape index (κ2) is 8.22. The molecule has 8 heteroatoms. The van der Waals surface area contributed by atoms with Crippen LogP contribution in [-0.4, -0.2) is 44.4 Å². The number of carbonyl (C=O) groups is 1. The number of H-pyrrole nitrogens is 1. The fourth-order valence-electron chi connectivity index (χ4n) is 3.50. The Morgan fingerprint density at radius 2 is 2.14 bits per heavy atom. The number of aryl methyl sites for hydroxylation is 1. The first-order valence-corrected chi connectivity index (χ1v) is 9.44. The molecular formula is C21H21N5O3. The molecule has 0 saturated heterocycles. The van der Waals surface area contributed by atoms with Gasteiger partial charge in [-0.1, -0.05) is 18.2 Å². The topological polar surface area (TPSA) is 101 Å². The van der Waals surface area contributed by atoms with Gasteiger partial charge in [0.15, 0.2) is 5.82 Å². The van der Waals surface area contributed by atoms with Gasteiger partial charge in [-0.3, -0.25) is 14.6 Å². The van der Waals surface area contributed by atoms with Crippen LogP contribution < -0.4 is 10.3 Å². The summed E-state index contributed by atoms with van der Waals surface area (Å²) in [5.41, 5.74) is 2.56. The van der Waals surface area contributed by atoms with Crippen molar-refractivity contribution in [1.29, 1.82) is 0 Å². The molecule has 1 N–H and O–H groups in total. The Balaban J connectivity index is 1.50. The van der Waals surface area contributed by atoms with E-state index >= 15 is 0 Å². The third-order valence-corrected chi connectivity index (χ3v) is 5.03. The number of carbonyl (C=O) groups excluding carboxylic acids is 1. The lowest BCUT2D eigenvalue weighted by atomic mass is 10.0. The van der Waals surface area contributed by atoms with E-state index in [9.17, 15) is 9.59 Å². The van der Waals surface area contributed by atoms with Gasteiger partial charge >= 0.3 is 0 Å². The lowest BCUT2D eigenvalue weighted by Gasteiger charge is -2.28. The molecule has 1 aromatic carbocycles. The summed E-state index contributed by atoms with van der Waals surface area (Å²) in [6.07, 6.45) is 6.10. The molecule has 2 aromatic heterocycles. The van der Waals surface area contributed by atoms with Crippen LogP contribution in [-0.2, 0) is 24.2 Å². The first-order chi connectivity index (χ1) is 14.2. The van der Waals surface area contributed by atoms with Crippen molar-refractivity contribution in [2.75, 3.05) is 13.7 Å². The van der Waals surface area contributed by atoms with Crippen LogP contribution in [0.3, 0.4) is 0 Å². The molecule has 4 rings (SSSR count). The van der Waals surface area contributed by atoms with Crippen LogP contribution in [0.25, 0.3) is 11.5 Å². The van der Waals surface area contributed by atoms with Crippen LogP contribution in [0.1, 0.15) is 23.2 Å². The summed E-state index contributed by atoms with van der Waals surface area (Å²) >= 11 is 0. The number of fused-ring (bicyclic) bond motifs is 1. The molecule has 148 valence electrons. The molecule has 1 aliphatic rings. The Kier molecular flexibility index (Phi) is 5.33. The molecule has 0 unspecified atom stereocenters. The molecule has 0 radical (unpaired) electrons. The van der Waals surface area contributed by atoms with E-state index in [-0.39, 0.29) is 11.5 Å². The fourth-order valence-corrected chi connectivity index (χ4v) is 3.50. The van der Waals surface area contributed by atoms with Crippen LogP contribution in [0.15, 0.2) is 47.7 Å². The molecule has 8 nitrogen and oxygen atoms in total. The number of aromatic amines is 1. The second-order valence-electron chi connectivity index (χ2n) is 6.81. The average molecular weight is 391 g/mol. The van der Waals surface area contributed by atoms with Gasteiger partial charge in [0.2, 0.25) is 5.91 Å². The van der Waals surface area contributed by atoms with Gasteiger partial charge in [-0.05, 0) is 24.5 Å². The Bertz CT molecular complexity index is 1080. The third-order valence-electron chi connectivity index (χ3n) is 5.03. The number of nitrogens with zero attached hydrogens (tertiary/aromatic N) is 4. The SMILES string of the molecule is COc1ccccc1CCC(=O)N1CCc2c(nc(-c3cnccn3)[nH]c2=O)C1. The first kappa shape index (κ1) is 18.8. The largest absolute Gasteiger partial charge is 0.496 e. The van der Waals surface area contributed by atoms with Crippen LogP contribution in [0.2, 0.25) is 0 Å². The molecule has 0 atom stereocenters. The Morgan fingerprint density at radius 3 is 2.93 bits per heavy atom. The second-order valence-corrected chi connectivity index (χ2v) is 6.81. The number of aromatic nitrogens is 4. The smallest absolute Gasteiger partial charge is 0.254 e. The van der Waals surface area contributed by atoms with Gasteiger partial charge in [-0.15, -0.1) is 0 Å². The van der Waals surface area contributed by atoms with Gasteiger partial charge in [-0.2, -0.15) is 0 Å². The zero-order valence-electron chi connectivity index (χ0n) is 16.1. The van der Waals surface area contributed by atoms with Crippen molar-refractivity contribution in [2.45, 2.75) is 25.8 Å². The molecule has 3 aromatic rings. The number of methoxy groups -OCH3 is 1. The summed E-state index contributed by atoms with van der Waals surface area (Å²) in [5, 5.41) is 0. The molecule has 0 aliphatic carbocycles. The van der Waals surface area contributed by atoms with Crippen molar-refractivity contribution >= 4 is 5.91 Å². The quantitative estimate of drug-likeness (QED) is 0.711. The molecule has 0 spiro atoms. The van der Waals surface area contributed by atoms with Gasteiger partial charge < -0.3 is 14.6 Å². The molecule has 29 heavy (non-hydrogen) atoms. The van der Waals surface area contributed by atoms with Gasteiger partial charge in [-0.25, -0.2) is 9.97 Å². The number of hydrogen-bond donors (Lipinski definition) is 1. The van der Waals surface area contributed by atoms with E-state index in [1.54, 1.807) is 30.6 Å². The standard InChI is InChI=1S/C21H21N5O3/c1-29-18-5-3-2-4-14(18)6-7-19(27)26-11-8-15-17(13-26)24-20(25-21(15)28)16-12-22-9-10-23-16/h2-5,9-10,12H,6-8,11,13H2,1H3,(H,24,25,28). The predicted octanol–water partition coefficient (Wildman–Crippen LogP) is 1.75. The van der Waals surface area contributed by atoms with Crippen molar-refractivity contribution in [2.24, 2.45) is 0 Å². The van der Waals surface area contributed by atoms with Gasteiger partial charge in [0.1, 0.15) is 11.4 Å². The number of rotatable bonds is 5. The van der Waals surface area contributed by atoms with Crippen LogP contribution in [0, 0.1) is 0 Å². The minimum atomic E-state index is -0.184. The number of nitrogens with one attached hydrogen (secondary N) is 1. The zero-order valence-corrected chi connectivity index (χ0v) is 16.1. The van der Waals surface area contributed by atoms with E-state index in [0.29, 0.717) is 55.1 Å². The lowest BCUT2D eigenvalue weighted by molar-refractivity contribution is -0.132. The molecule has 1 aliphatic heterocycles. The molecular weight excluding hydrogens is 370 g/mol. The van der Waals surface area contributed by atoms with Crippen LogP contribution >= 0.6 is 0 Å². The van der Waals surface area contributed by atoms with E-state index < -0.39 is 0 Å². The highest BCUT2D eigenvalue weighted by molar-refractivity contribution is 5.77. The monoisotopic (exact) mass is 391 g/mol. The van der Waals surface area contributed by atoms with Gasteiger partial charge in [0.05, 0.1) is 25.5 Å². The van der Waals surface area contributed by atoms with Crippen molar-refractivity contribution in [1.82, 2.24) is 24.8 Å². The van der Waals surface area contributed by atoms with Crippen LogP contribution in [0.5, 0.6) is 5.75 Å². The minimum absolute atomic E-state index is 0.0321. The van der Waals surface area contributed by atoms with E-state index in [4.69, 9.17) is 4.74 Å². The summed E-state index contributed by atoms with van der Waals surface area (Å²) in [6, 6.07) is 7.69. The van der Waals surface area contributed by atoms with Crippen molar-refractivity contribution in [3.8, 4) is 17.3 Å². The predicted molar refractivity (Wildman–Crippen MR) is 106 cm³/mol. The van der Waals surface area contributed by atoms with Crippen molar-refractivity contribution in [3.63, 3.8) is 0 Å². The number of ether oxygens (including phenoxy) is 1. The van der Waals surface area contributed by atoms with E-state index in [1.165, 1.54) is 0 Å². The molecule has 0 fully saturated rings. The lowest BCUT2D eigenvalue weighted by Crippen LogP contribution is -2.39. The van der Waals surface area contributed by atoms with E-state index in [2.05, 4.69) is 19.9 Å². The average Bonchev–Trinajstić information content (AvgIpc) is 2.77. The third kappa shape index (κ3) is 4.01. The number of hydrogen-bond acceptors (Lipinski definition) is 6. The van der Waals surface area contributed by atoms with Gasteiger partial charge in [0, 0.05) is 30.9 Å². The molecule has 1 amide bonds. The van der Waals surface area contributed by atoms with Crippen molar-refractivity contribution < 1.29 is 9.53 Å².